The summed E-state index contributed by atoms with van der Waals surface area (Å²) in [6.07, 6.45) is 16.5. The molecule has 0 saturated heterocycles. The molecular weight excluding hydrogens is 610 g/mol. The van der Waals surface area contributed by atoms with Crippen molar-refractivity contribution in [1.82, 2.24) is 15.3 Å². The van der Waals surface area contributed by atoms with Gasteiger partial charge >= 0.3 is 6.09 Å². The van der Waals surface area contributed by atoms with Crippen LogP contribution in [0.2, 0.25) is 5.02 Å². The number of pyridine rings is 1. The fourth-order valence-electron chi connectivity index (χ4n) is 6.99. The zero-order valence-electron chi connectivity index (χ0n) is 27.8. The molecule has 8 nitrogen and oxygen atoms in total. The fourth-order valence-corrected chi connectivity index (χ4v) is 7.17. The summed E-state index contributed by atoms with van der Waals surface area (Å²) in [7, 11) is 0. The van der Waals surface area contributed by atoms with Gasteiger partial charge in [0.25, 0.3) is 0 Å². The number of carbonyl (C=O) groups is 2. The predicted octanol–water partition coefficient (Wildman–Crippen LogP) is 9.50. The van der Waals surface area contributed by atoms with Gasteiger partial charge in [0.2, 0.25) is 5.91 Å². The Hall–Kier alpha value is -3.78. The Morgan fingerprint density at radius 3 is 2.53 bits per heavy atom. The topological polar surface area (TPSA) is 110 Å². The quantitative estimate of drug-likeness (QED) is 0.0795. The number of anilines is 2. The van der Waals surface area contributed by atoms with Gasteiger partial charge in [-0.25, -0.2) is 4.79 Å². The number of fused-ring (bicyclic) bond motifs is 3. The average molecular weight is 660 g/mol. The summed E-state index contributed by atoms with van der Waals surface area (Å²) in [6, 6.07) is 13.7. The first-order chi connectivity index (χ1) is 22.9. The number of halogens is 1. The lowest BCUT2D eigenvalue weighted by molar-refractivity contribution is -0.119. The van der Waals surface area contributed by atoms with Crippen LogP contribution in [0.15, 0.2) is 48.7 Å². The minimum Gasteiger partial charge on any atom is -0.465 e. The molecule has 0 saturated carbocycles. The third-order valence-electron chi connectivity index (χ3n) is 9.58. The predicted molar refractivity (Wildman–Crippen MR) is 194 cm³/mol. The first-order valence-corrected chi connectivity index (χ1v) is 17.9. The van der Waals surface area contributed by atoms with Crippen LogP contribution in [0.5, 0.6) is 0 Å². The van der Waals surface area contributed by atoms with Gasteiger partial charge in [0, 0.05) is 71.1 Å². The molecule has 1 aliphatic rings. The molecule has 0 bridgehead atoms. The van der Waals surface area contributed by atoms with E-state index in [2.05, 4.69) is 21.7 Å². The van der Waals surface area contributed by atoms with E-state index in [1.54, 1.807) is 6.92 Å². The summed E-state index contributed by atoms with van der Waals surface area (Å²) in [4.78, 5) is 33.2. The number of amides is 2. The molecule has 1 atom stereocenters. The molecule has 0 radical (unpaired) electrons. The largest absolute Gasteiger partial charge is 0.465 e. The Balaban J connectivity index is 1.02. The molecule has 5 rings (SSSR count). The van der Waals surface area contributed by atoms with Crippen molar-refractivity contribution >= 4 is 56.8 Å². The highest BCUT2D eigenvalue weighted by molar-refractivity contribution is 6.31. The Morgan fingerprint density at radius 2 is 1.72 bits per heavy atom. The molecule has 2 aromatic carbocycles. The van der Waals surface area contributed by atoms with E-state index in [0.29, 0.717) is 24.7 Å². The summed E-state index contributed by atoms with van der Waals surface area (Å²) < 4.78 is 0. The van der Waals surface area contributed by atoms with Crippen molar-refractivity contribution in [2.24, 2.45) is 5.92 Å². The zero-order valence-corrected chi connectivity index (χ0v) is 28.5. The Bertz CT molecular complexity index is 1640. The van der Waals surface area contributed by atoms with Crippen LogP contribution in [-0.4, -0.2) is 46.7 Å². The molecule has 9 heteroatoms. The molecule has 2 aromatic heterocycles. The molecule has 47 heavy (non-hydrogen) atoms. The summed E-state index contributed by atoms with van der Waals surface area (Å²) in [5.74, 6) is 0.333. The van der Waals surface area contributed by atoms with Crippen molar-refractivity contribution in [3.8, 4) is 0 Å². The van der Waals surface area contributed by atoms with Crippen LogP contribution in [0, 0.1) is 5.92 Å². The molecular formula is C38H50ClN5O3. The number of hydrogen-bond donors (Lipinski definition) is 4. The number of rotatable bonds is 18. The van der Waals surface area contributed by atoms with E-state index in [0.717, 1.165) is 78.3 Å². The van der Waals surface area contributed by atoms with Crippen molar-refractivity contribution < 1.29 is 14.7 Å². The first kappa shape index (κ1) is 34.6. The number of nitrogens with zero attached hydrogens (tertiary/aromatic N) is 2. The van der Waals surface area contributed by atoms with Crippen LogP contribution in [0.3, 0.4) is 0 Å². The average Bonchev–Trinajstić information content (AvgIpc) is 3.53. The zero-order chi connectivity index (χ0) is 33.0. The fraction of sp³-hybridized carbons (Fsp3) is 0.500. The van der Waals surface area contributed by atoms with Gasteiger partial charge in [-0.05, 0) is 98.9 Å². The summed E-state index contributed by atoms with van der Waals surface area (Å²) >= 11 is 6.36. The lowest BCUT2D eigenvalue weighted by Gasteiger charge is -2.23. The van der Waals surface area contributed by atoms with E-state index < -0.39 is 6.09 Å². The highest BCUT2D eigenvalue weighted by atomic mass is 35.5. The molecule has 2 heterocycles. The second-order valence-electron chi connectivity index (χ2n) is 13.1. The number of nitrogens with one attached hydrogen (secondary N) is 3. The van der Waals surface area contributed by atoms with Crippen LogP contribution in [-0.2, 0) is 17.6 Å². The van der Waals surface area contributed by atoms with Gasteiger partial charge in [-0.3, -0.25) is 14.7 Å². The molecule has 1 aliphatic carbocycles. The number of aryl methyl sites for hydroxylation is 1. The van der Waals surface area contributed by atoms with Crippen molar-refractivity contribution in [3.05, 3.63) is 64.9 Å². The lowest BCUT2D eigenvalue weighted by Crippen LogP contribution is -2.32. The number of aromatic amines is 1. The monoisotopic (exact) mass is 659 g/mol. The van der Waals surface area contributed by atoms with Gasteiger partial charge < -0.3 is 20.7 Å². The second-order valence-corrected chi connectivity index (χ2v) is 13.5. The number of benzene rings is 2. The molecule has 2 amide bonds. The van der Waals surface area contributed by atoms with Crippen LogP contribution in [0.1, 0.15) is 95.2 Å². The Kier molecular flexibility index (Phi) is 12.8. The highest BCUT2D eigenvalue weighted by Gasteiger charge is 2.19. The molecule has 0 aliphatic heterocycles. The van der Waals surface area contributed by atoms with Crippen LogP contribution in [0.25, 0.3) is 21.8 Å². The Morgan fingerprint density at radius 1 is 0.936 bits per heavy atom. The highest BCUT2D eigenvalue weighted by Crippen LogP contribution is 2.34. The SMILES string of the molecule is CC(=O)NCCC(CCCCCCCCCNc1c2c(nc3ccc(Cl)cc13)CCCC2)CCN(C(=O)O)c1ccc2[nH]ccc2c1. The van der Waals surface area contributed by atoms with Crippen LogP contribution < -0.4 is 15.5 Å². The lowest BCUT2D eigenvalue weighted by atomic mass is 9.92. The number of unbranched alkanes of at least 4 members (excludes halogenated alkanes) is 6. The number of carboxylic acid groups (broad SMARTS) is 1. The minimum absolute atomic E-state index is 0.0243. The molecule has 252 valence electrons. The van der Waals surface area contributed by atoms with E-state index in [1.165, 1.54) is 66.8 Å². The van der Waals surface area contributed by atoms with E-state index in [-0.39, 0.29) is 5.91 Å². The first-order valence-electron chi connectivity index (χ1n) is 17.6. The number of hydrogen-bond acceptors (Lipinski definition) is 4. The van der Waals surface area contributed by atoms with Crippen LogP contribution >= 0.6 is 11.6 Å². The van der Waals surface area contributed by atoms with Gasteiger partial charge in [0.05, 0.1) is 5.52 Å². The molecule has 0 fully saturated rings. The molecule has 4 N–H and O–H groups in total. The smallest absolute Gasteiger partial charge is 0.411 e. The minimum atomic E-state index is -0.936. The van der Waals surface area contributed by atoms with Crippen molar-refractivity contribution in [1.29, 1.82) is 0 Å². The van der Waals surface area contributed by atoms with Crippen LogP contribution in [0.4, 0.5) is 16.2 Å². The normalized spacial score (nSPS) is 13.4. The molecule has 0 spiro atoms. The second kappa shape index (κ2) is 17.4. The van der Waals surface area contributed by atoms with Gasteiger partial charge in [0.1, 0.15) is 0 Å². The molecule has 4 aromatic rings. The standard InChI is InChI=1S/C38H50ClN5O3/c1-27(45)40-22-18-28(20-24-44(38(46)47)31-15-17-34-29(25-31)19-23-41-34)11-7-5-3-2-4-6-10-21-42-37-32-12-8-9-13-35(32)43-36-16-14-30(39)26-33(36)37/h14-17,19,23,25-26,28,41H,2-13,18,20-22,24H2,1H3,(H,40,45)(H,42,43)(H,46,47). The third-order valence-corrected chi connectivity index (χ3v) is 9.82. The van der Waals surface area contributed by atoms with E-state index >= 15 is 0 Å². The number of H-pyrrole nitrogens is 1. The van der Waals surface area contributed by atoms with Crippen molar-refractivity contribution in [2.75, 3.05) is 29.9 Å². The number of aromatic nitrogens is 2. The van der Waals surface area contributed by atoms with E-state index in [4.69, 9.17) is 16.6 Å². The van der Waals surface area contributed by atoms with Crippen molar-refractivity contribution in [2.45, 2.75) is 96.8 Å². The van der Waals surface area contributed by atoms with Crippen molar-refractivity contribution in [3.63, 3.8) is 0 Å². The third kappa shape index (κ3) is 9.86. The maximum Gasteiger partial charge on any atom is 0.411 e. The Labute approximate surface area is 283 Å². The summed E-state index contributed by atoms with van der Waals surface area (Å²) in [6.45, 7) is 3.57. The number of carbonyl (C=O) groups excluding carboxylic acids is 1. The summed E-state index contributed by atoms with van der Waals surface area (Å²) in [5, 5.41) is 19.6. The van der Waals surface area contributed by atoms with Gasteiger partial charge in [-0.1, -0.05) is 56.5 Å². The van der Waals surface area contributed by atoms with Gasteiger partial charge in [-0.2, -0.15) is 0 Å². The maximum absolute atomic E-state index is 12.2. The van der Waals surface area contributed by atoms with E-state index in [9.17, 15) is 14.7 Å². The van der Waals surface area contributed by atoms with Gasteiger partial charge in [0.15, 0.2) is 0 Å². The summed E-state index contributed by atoms with van der Waals surface area (Å²) in [5.41, 5.74) is 6.59. The van der Waals surface area contributed by atoms with Gasteiger partial charge in [-0.15, -0.1) is 0 Å². The maximum atomic E-state index is 12.2. The molecule has 1 unspecified atom stereocenters. The van der Waals surface area contributed by atoms with E-state index in [1.807, 2.05) is 42.6 Å².